The van der Waals surface area contributed by atoms with Crippen LogP contribution in [-0.4, -0.2) is 23.5 Å². The summed E-state index contributed by atoms with van der Waals surface area (Å²) in [6.45, 7) is 1.69. The predicted octanol–water partition coefficient (Wildman–Crippen LogP) is 3.70. The van der Waals surface area contributed by atoms with Crippen LogP contribution in [0.5, 0.6) is 5.75 Å². The minimum absolute atomic E-state index is 0.227. The monoisotopic (exact) mass is 407 g/mol. The molecule has 0 saturated heterocycles. The average molecular weight is 407 g/mol. The van der Waals surface area contributed by atoms with Gasteiger partial charge in [-0.1, -0.05) is 12.1 Å². The molecule has 7 nitrogen and oxygen atoms in total. The fourth-order valence-corrected chi connectivity index (χ4v) is 3.02. The smallest absolute Gasteiger partial charge is 0.342 e. The van der Waals surface area contributed by atoms with E-state index in [1.165, 1.54) is 11.3 Å². The molecule has 0 aliphatic carbocycles. The first kappa shape index (κ1) is 20.0. The number of carbonyl (C=O) groups excluding carboxylic acids is 2. The normalized spacial score (nSPS) is 10.1. The molecule has 0 aliphatic heterocycles. The zero-order valence-corrected chi connectivity index (χ0v) is 16.4. The van der Waals surface area contributed by atoms with Gasteiger partial charge in [0, 0.05) is 11.1 Å². The number of esters is 1. The summed E-state index contributed by atoms with van der Waals surface area (Å²) in [4.78, 5) is 28.7. The van der Waals surface area contributed by atoms with Crippen LogP contribution in [0.4, 0.5) is 5.69 Å². The van der Waals surface area contributed by atoms with Crippen LogP contribution in [0.2, 0.25) is 0 Å². The van der Waals surface area contributed by atoms with Crippen LogP contribution >= 0.6 is 11.3 Å². The molecule has 1 N–H and O–H groups in total. The fraction of sp³-hybridized carbons (Fsp3) is 0.143. The summed E-state index contributed by atoms with van der Waals surface area (Å²) in [6.07, 6.45) is 0. The quantitative estimate of drug-likeness (QED) is 0.599. The molecule has 0 unspecified atom stereocenters. The summed E-state index contributed by atoms with van der Waals surface area (Å²) in [5.74, 6) is -0.792. The summed E-state index contributed by atoms with van der Waals surface area (Å²) < 4.78 is 10.8. The number of nitriles is 1. The van der Waals surface area contributed by atoms with Crippen LogP contribution in [0, 0.1) is 18.3 Å². The lowest BCUT2D eigenvalue weighted by molar-refractivity contribution is -0.119. The Morgan fingerprint density at radius 1 is 1.17 bits per heavy atom. The van der Waals surface area contributed by atoms with Gasteiger partial charge in [-0.05, 0) is 43.3 Å². The molecule has 2 aromatic carbocycles. The summed E-state index contributed by atoms with van der Waals surface area (Å²) in [7, 11) is 0. The second kappa shape index (κ2) is 9.48. The molecule has 3 rings (SSSR count). The Balaban J connectivity index is 1.55. The van der Waals surface area contributed by atoms with Gasteiger partial charge in [0.1, 0.15) is 17.9 Å². The van der Waals surface area contributed by atoms with Crippen LogP contribution in [0.1, 0.15) is 26.6 Å². The molecule has 0 bridgehead atoms. The number of thiazole rings is 1. The Morgan fingerprint density at radius 2 is 1.93 bits per heavy atom. The molecule has 0 radical (unpaired) electrons. The van der Waals surface area contributed by atoms with Crippen molar-refractivity contribution in [3.8, 4) is 11.8 Å². The minimum atomic E-state index is -0.662. The second-order valence-electron chi connectivity index (χ2n) is 5.96. The molecular formula is C21H17N3O4S. The lowest BCUT2D eigenvalue weighted by atomic mass is 10.2. The van der Waals surface area contributed by atoms with Crippen molar-refractivity contribution in [2.24, 2.45) is 0 Å². The maximum Gasteiger partial charge on any atom is 0.342 e. The van der Waals surface area contributed by atoms with E-state index in [0.29, 0.717) is 17.0 Å². The molecule has 146 valence electrons. The summed E-state index contributed by atoms with van der Waals surface area (Å²) in [5.41, 5.74) is 1.99. The number of nitrogens with one attached hydrogen (secondary N) is 1. The molecule has 3 aromatic rings. The molecule has 29 heavy (non-hydrogen) atoms. The highest BCUT2D eigenvalue weighted by Crippen LogP contribution is 2.21. The van der Waals surface area contributed by atoms with Gasteiger partial charge < -0.3 is 14.8 Å². The SMILES string of the molecule is Cc1nc(COc2ccccc2C(=O)OCC(=O)Nc2ccc(C#N)cc2)cs1. The Morgan fingerprint density at radius 3 is 2.62 bits per heavy atom. The molecular weight excluding hydrogens is 390 g/mol. The van der Waals surface area contributed by atoms with Crippen LogP contribution in [0.15, 0.2) is 53.9 Å². The van der Waals surface area contributed by atoms with Gasteiger partial charge in [0.2, 0.25) is 0 Å². The van der Waals surface area contributed by atoms with Crippen molar-refractivity contribution in [1.29, 1.82) is 5.26 Å². The molecule has 0 aliphatic rings. The Hall–Kier alpha value is -3.70. The van der Waals surface area contributed by atoms with Crippen LogP contribution in [-0.2, 0) is 16.1 Å². The number of benzene rings is 2. The molecule has 0 spiro atoms. The highest BCUT2D eigenvalue weighted by molar-refractivity contribution is 7.09. The number of aryl methyl sites for hydroxylation is 1. The first-order valence-corrected chi connectivity index (χ1v) is 9.53. The molecule has 1 amide bonds. The van der Waals surface area contributed by atoms with Gasteiger partial charge in [-0.3, -0.25) is 4.79 Å². The Bertz CT molecular complexity index is 1050. The van der Waals surface area contributed by atoms with Crippen LogP contribution < -0.4 is 10.1 Å². The van der Waals surface area contributed by atoms with Gasteiger partial charge in [0.25, 0.3) is 5.91 Å². The van der Waals surface area contributed by atoms with Gasteiger partial charge in [-0.2, -0.15) is 5.26 Å². The number of anilines is 1. The van der Waals surface area contributed by atoms with Gasteiger partial charge in [0.05, 0.1) is 22.3 Å². The average Bonchev–Trinajstić information content (AvgIpc) is 3.16. The molecule has 0 atom stereocenters. The fourth-order valence-electron chi connectivity index (χ4n) is 2.42. The molecule has 1 heterocycles. The lowest BCUT2D eigenvalue weighted by Gasteiger charge is -2.11. The minimum Gasteiger partial charge on any atom is -0.486 e. The Kier molecular flexibility index (Phi) is 6.55. The summed E-state index contributed by atoms with van der Waals surface area (Å²) in [5, 5.41) is 14.2. The van der Waals surface area contributed by atoms with Crippen molar-refractivity contribution in [3.05, 3.63) is 75.7 Å². The van der Waals surface area contributed by atoms with Crippen molar-refractivity contribution in [3.63, 3.8) is 0 Å². The standard InChI is InChI=1S/C21H17N3O4S/c1-14-23-17(13-29-14)11-27-19-5-3-2-4-18(19)21(26)28-12-20(25)24-16-8-6-15(10-22)7-9-16/h2-9,13H,11-12H2,1H3,(H,24,25). The van der Waals surface area contributed by atoms with Crippen LogP contribution in [0.25, 0.3) is 0 Å². The van der Waals surface area contributed by atoms with E-state index in [1.807, 2.05) is 18.4 Å². The van der Waals surface area contributed by atoms with E-state index in [0.717, 1.165) is 10.7 Å². The Labute approximate surface area is 171 Å². The number of hydrogen-bond donors (Lipinski definition) is 1. The lowest BCUT2D eigenvalue weighted by Crippen LogP contribution is -2.21. The maximum atomic E-state index is 12.4. The largest absolute Gasteiger partial charge is 0.486 e. The number of aromatic nitrogens is 1. The van der Waals surface area contributed by atoms with Gasteiger partial charge in [-0.15, -0.1) is 11.3 Å². The molecule has 0 fully saturated rings. The number of rotatable bonds is 7. The van der Waals surface area contributed by atoms with Crippen molar-refractivity contribution >= 4 is 28.9 Å². The summed E-state index contributed by atoms with van der Waals surface area (Å²) >= 11 is 1.52. The van der Waals surface area contributed by atoms with E-state index < -0.39 is 18.5 Å². The van der Waals surface area contributed by atoms with Crippen LogP contribution in [0.3, 0.4) is 0 Å². The zero-order chi connectivity index (χ0) is 20.6. The second-order valence-corrected chi connectivity index (χ2v) is 7.02. The van der Waals surface area contributed by atoms with Gasteiger partial charge in [0.15, 0.2) is 6.61 Å². The van der Waals surface area contributed by atoms with Gasteiger partial charge in [-0.25, -0.2) is 9.78 Å². The maximum absolute atomic E-state index is 12.4. The molecule has 1 aromatic heterocycles. The third-order valence-electron chi connectivity index (χ3n) is 3.78. The third kappa shape index (κ3) is 5.64. The first-order chi connectivity index (χ1) is 14.0. The number of ether oxygens (including phenoxy) is 2. The third-order valence-corrected chi connectivity index (χ3v) is 4.60. The number of para-hydroxylation sites is 1. The van der Waals surface area contributed by atoms with Crippen molar-refractivity contribution < 1.29 is 19.1 Å². The van der Waals surface area contributed by atoms with Crippen molar-refractivity contribution in [2.45, 2.75) is 13.5 Å². The topological polar surface area (TPSA) is 101 Å². The van der Waals surface area contributed by atoms with Crippen molar-refractivity contribution in [2.75, 3.05) is 11.9 Å². The summed E-state index contributed by atoms with van der Waals surface area (Å²) in [6, 6.07) is 15.0. The van der Waals surface area contributed by atoms with E-state index in [1.54, 1.807) is 48.5 Å². The van der Waals surface area contributed by atoms with Crippen molar-refractivity contribution in [1.82, 2.24) is 4.98 Å². The number of carbonyl (C=O) groups is 2. The predicted molar refractivity (Wildman–Crippen MR) is 108 cm³/mol. The first-order valence-electron chi connectivity index (χ1n) is 8.65. The highest BCUT2D eigenvalue weighted by Gasteiger charge is 2.16. The van der Waals surface area contributed by atoms with E-state index >= 15 is 0 Å². The van der Waals surface area contributed by atoms with Gasteiger partial charge >= 0.3 is 5.97 Å². The van der Waals surface area contributed by atoms with E-state index in [2.05, 4.69) is 10.3 Å². The zero-order valence-electron chi connectivity index (χ0n) is 15.5. The highest BCUT2D eigenvalue weighted by atomic mass is 32.1. The van der Waals surface area contributed by atoms with E-state index in [-0.39, 0.29) is 12.2 Å². The van der Waals surface area contributed by atoms with E-state index in [9.17, 15) is 9.59 Å². The number of hydrogen-bond acceptors (Lipinski definition) is 7. The molecule has 0 saturated carbocycles. The number of nitrogens with zero attached hydrogens (tertiary/aromatic N) is 2. The van der Waals surface area contributed by atoms with E-state index in [4.69, 9.17) is 14.7 Å². The number of amides is 1. The molecule has 8 heteroatoms.